The lowest BCUT2D eigenvalue weighted by Crippen LogP contribution is -2.62. The van der Waals surface area contributed by atoms with Gasteiger partial charge in [0.05, 0.1) is 6.04 Å². The van der Waals surface area contributed by atoms with Crippen LogP contribution in [-0.4, -0.2) is 64.7 Å². The van der Waals surface area contributed by atoms with E-state index < -0.39 is 36.5 Å². The van der Waals surface area contributed by atoms with E-state index in [9.17, 15) is 22.4 Å². The van der Waals surface area contributed by atoms with E-state index in [1.165, 1.54) is 5.01 Å². The van der Waals surface area contributed by atoms with E-state index >= 15 is 0 Å². The zero-order valence-electron chi connectivity index (χ0n) is 15.3. The summed E-state index contributed by atoms with van der Waals surface area (Å²) in [7, 11) is 0. The minimum atomic E-state index is -3.20. The van der Waals surface area contributed by atoms with Crippen molar-refractivity contribution >= 4 is 11.7 Å². The van der Waals surface area contributed by atoms with Crippen molar-refractivity contribution in [2.45, 2.75) is 50.5 Å². The van der Waals surface area contributed by atoms with Gasteiger partial charge in [0.25, 0.3) is 12.3 Å². The Balaban J connectivity index is 1.55. The number of allylic oxidation sites excluding steroid dienone is 1. The molecule has 0 amide bonds. The van der Waals surface area contributed by atoms with Crippen molar-refractivity contribution in [2.24, 2.45) is 17.8 Å². The van der Waals surface area contributed by atoms with Crippen LogP contribution in [-0.2, 0) is 4.79 Å². The molecule has 2 bridgehead atoms. The Hall–Kier alpha value is -1.84. The Morgan fingerprint density at radius 3 is 2.46 bits per heavy atom. The van der Waals surface area contributed by atoms with Crippen molar-refractivity contribution in [3.05, 3.63) is 11.4 Å². The highest BCUT2D eigenvalue weighted by Gasteiger charge is 2.50. The molecular weight excluding hydrogens is 380 g/mol. The predicted molar refractivity (Wildman–Crippen MR) is 92.1 cm³/mol. The number of piperidine rings is 2. The van der Waals surface area contributed by atoms with Crippen molar-refractivity contribution in [2.75, 3.05) is 19.6 Å². The molecule has 156 valence electrons. The first-order valence-electron chi connectivity index (χ1n) is 9.66. The maximum absolute atomic E-state index is 13.9. The van der Waals surface area contributed by atoms with Crippen molar-refractivity contribution in [3.63, 3.8) is 0 Å². The molecule has 2 aliphatic carbocycles. The van der Waals surface area contributed by atoms with E-state index in [0.717, 1.165) is 6.42 Å². The van der Waals surface area contributed by atoms with Crippen molar-refractivity contribution < 1.29 is 27.5 Å². The third-order valence-electron chi connectivity index (χ3n) is 6.70. The Morgan fingerprint density at radius 2 is 2.00 bits per heavy atom. The van der Waals surface area contributed by atoms with Crippen LogP contribution in [0.3, 0.4) is 0 Å². The summed E-state index contributed by atoms with van der Waals surface area (Å²) < 4.78 is 54.1. The number of hydrogen-bond acceptors (Lipinski definition) is 5. The second kappa shape index (κ2) is 6.89. The minimum absolute atomic E-state index is 0.0196. The molecule has 0 spiro atoms. The lowest BCUT2D eigenvalue weighted by Gasteiger charge is -2.55. The van der Waals surface area contributed by atoms with Gasteiger partial charge in [0.2, 0.25) is 0 Å². The van der Waals surface area contributed by atoms with Crippen LogP contribution >= 0.6 is 0 Å². The van der Waals surface area contributed by atoms with Gasteiger partial charge in [-0.2, -0.15) is 8.78 Å². The number of carboxylic acids is 1. The summed E-state index contributed by atoms with van der Waals surface area (Å²) in [5, 5.41) is 18.3. The van der Waals surface area contributed by atoms with Crippen LogP contribution in [0.2, 0.25) is 0 Å². The summed E-state index contributed by atoms with van der Waals surface area (Å²) in [6.45, 7) is 1.37. The molecule has 0 aromatic rings. The van der Waals surface area contributed by atoms with Gasteiger partial charge >= 0.3 is 5.97 Å². The van der Waals surface area contributed by atoms with Gasteiger partial charge in [-0.3, -0.25) is 10.2 Å². The molecular formula is C18H24F4N4O2. The van der Waals surface area contributed by atoms with E-state index in [1.54, 1.807) is 0 Å². The molecule has 3 N–H and O–H groups in total. The SMILES string of the molecule is N=C1/C(=C(\NN2CC[C@@H]2C(F)F)N2C[C@H]3C[C@@H](C2)C3CC(=O)O)CCC1(F)F. The van der Waals surface area contributed by atoms with E-state index in [0.29, 0.717) is 31.9 Å². The van der Waals surface area contributed by atoms with Gasteiger partial charge in [0.15, 0.2) is 0 Å². The minimum Gasteiger partial charge on any atom is -0.481 e. The second-order valence-electron chi connectivity index (χ2n) is 8.32. The van der Waals surface area contributed by atoms with Gasteiger partial charge in [-0.1, -0.05) is 0 Å². The van der Waals surface area contributed by atoms with Gasteiger partial charge in [-0.05, 0) is 37.0 Å². The van der Waals surface area contributed by atoms with Crippen LogP contribution in [0, 0.1) is 23.2 Å². The lowest BCUT2D eigenvalue weighted by molar-refractivity contribution is -0.143. The predicted octanol–water partition coefficient (Wildman–Crippen LogP) is 2.53. The first kappa shape index (κ1) is 19.5. The third-order valence-corrected chi connectivity index (χ3v) is 6.70. The Bertz CT molecular complexity index is 702. The molecule has 5 fully saturated rings. The Morgan fingerprint density at radius 1 is 1.32 bits per heavy atom. The maximum Gasteiger partial charge on any atom is 0.303 e. The number of halogens is 4. The highest BCUT2D eigenvalue weighted by Crippen LogP contribution is 2.49. The summed E-state index contributed by atoms with van der Waals surface area (Å²) >= 11 is 0. The summed E-state index contributed by atoms with van der Waals surface area (Å²) in [6.07, 6.45) is -1.65. The van der Waals surface area contributed by atoms with Gasteiger partial charge < -0.3 is 15.4 Å². The molecule has 4 atom stereocenters. The molecule has 3 aliphatic heterocycles. The zero-order valence-corrected chi connectivity index (χ0v) is 15.3. The van der Waals surface area contributed by atoms with Gasteiger partial charge in [0, 0.05) is 38.0 Å². The molecule has 5 rings (SSSR count). The molecule has 0 aromatic heterocycles. The number of carboxylic acid groups (broad SMARTS) is 1. The average molecular weight is 404 g/mol. The largest absolute Gasteiger partial charge is 0.481 e. The average Bonchev–Trinajstić information content (AvgIpc) is 2.86. The monoisotopic (exact) mass is 404 g/mol. The number of hydrogen-bond donors (Lipinski definition) is 3. The smallest absolute Gasteiger partial charge is 0.303 e. The van der Waals surface area contributed by atoms with Gasteiger partial charge in [-0.15, -0.1) is 0 Å². The van der Waals surface area contributed by atoms with E-state index in [2.05, 4.69) is 5.43 Å². The number of aliphatic carboxylic acids is 1. The van der Waals surface area contributed by atoms with Crippen LogP contribution in [0.5, 0.6) is 0 Å². The molecule has 28 heavy (non-hydrogen) atoms. The lowest BCUT2D eigenvalue weighted by atomic mass is 9.60. The van der Waals surface area contributed by atoms with Crippen molar-refractivity contribution in [3.8, 4) is 0 Å². The Labute approximate surface area is 160 Å². The topological polar surface area (TPSA) is 79.7 Å². The molecule has 3 heterocycles. The molecule has 2 saturated carbocycles. The van der Waals surface area contributed by atoms with E-state index in [-0.39, 0.29) is 36.2 Å². The zero-order chi connectivity index (χ0) is 20.2. The fraction of sp³-hybridized carbons (Fsp3) is 0.778. The van der Waals surface area contributed by atoms with Crippen LogP contribution in [0.15, 0.2) is 11.4 Å². The highest BCUT2D eigenvalue weighted by molar-refractivity contribution is 6.05. The number of hydrazine groups is 1. The van der Waals surface area contributed by atoms with E-state index in [1.807, 2.05) is 4.90 Å². The van der Waals surface area contributed by atoms with Crippen LogP contribution in [0.1, 0.15) is 32.1 Å². The maximum atomic E-state index is 13.9. The molecule has 6 nitrogen and oxygen atoms in total. The molecule has 3 saturated heterocycles. The number of nitrogens with zero attached hydrogens (tertiary/aromatic N) is 2. The molecule has 5 aliphatic rings. The van der Waals surface area contributed by atoms with Gasteiger partial charge in [-0.25, -0.2) is 13.8 Å². The first-order valence-corrected chi connectivity index (χ1v) is 9.66. The third kappa shape index (κ3) is 3.25. The van der Waals surface area contributed by atoms with E-state index in [4.69, 9.17) is 10.5 Å². The number of nitrogens with one attached hydrogen (secondary N) is 2. The second-order valence-corrected chi connectivity index (χ2v) is 8.32. The summed E-state index contributed by atoms with van der Waals surface area (Å²) in [6, 6.07) is -0.967. The molecule has 10 heteroatoms. The van der Waals surface area contributed by atoms with Crippen LogP contribution in [0.4, 0.5) is 17.6 Å². The fourth-order valence-electron chi connectivity index (χ4n) is 4.97. The summed E-state index contributed by atoms with van der Waals surface area (Å²) in [5.74, 6) is -3.36. The Kier molecular flexibility index (Phi) is 4.79. The summed E-state index contributed by atoms with van der Waals surface area (Å²) in [5.41, 5.74) is 2.37. The van der Waals surface area contributed by atoms with Crippen molar-refractivity contribution in [1.29, 1.82) is 5.41 Å². The number of rotatable bonds is 6. The fourth-order valence-corrected chi connectivity index (χ4v) is 4.97. The normalized spacial score (nSPS) is 36.2. The molecule has 1 unspecified atom stereocenters. The number of fused-ring (bicyclic) bond motifs is 2. The number of carbonyl (C=O) groups is 1. The molecule has 0 aromatic carbocycles. The van der Waals surface area contributed by atoms with Crippen LogP contribution < -0.4 is 5.43 Å². The quantitative estimate of drug-likeness (QED) is 0.593. The van der Waals surface area contributed by atoms with Crippen LogP contribution in [0.25, 0.3) is 0 Å². The number of alkyl halides is 4. The standard InChI is InChI=1S/C18H24F4N4O2/c19-16(20)13-2-4-26(13)24-17(11-1-3-18(21,22)15(11)23)25-7-9-5-10(8-25)12(9)6-14(27)28/h9-10,12-13,16,23-24H,1-8H2,(H,27,28)/b17-11+,23-15?/t9-,10+,12?,13-/m1/s1. The van der Waals surface area contributed by atoms with Crippen molar-refractivity contribution in [1.82, 2.24) is 15.3 Å². The summed E-state index contributed by atoms with van der Waals surface area (Å²) in [4.78, 5) is 12.9. The van der Waals surface area contributed by atoms with Gasteiger partial charge in [0.1, 0.15) is 11.5 Å². The molecule has 0 radical (unpaired) electrons. The first-order chi connectivity index (χ1) is 13.2. The highest BCUT2D eigenvalue weighted by atomic mass is 19.3.